The Morgan fingerprint density at radius 2 is 2.27 bits per heavy atom. The van der Waals surface area contributed by atoms with E-state index >= 15 is 0 Å². The zero-order valence-electron chi connectivity index (χ0n) is 8.90. The third-order valence-corrected chi connectivity index (χ3v) is 2.52. The van der Waals surface area contributed by atoms with Crippen molar-refractivity contribution in [2.24, 2.45) is 5.73 Å². The van der Waals surface area contributed by atoms with Gasteiger partial charge in [-0.15, -0.1) is 0 Å². The molecular formula is C12H15N3. The first-order chi connectivity index (χ1) is 7.24. The van der Waals surface area contributed by atoms with Gasteiger partial charge in [-0.1, -0.05) is 13.5 Å². The van der Waals surface area contributed by atoms with Gasteiger partial charge < -0.3 is 10.1 Å². The van der Waals surface area contributed by atoms with Crippen molar-refractivity contribution in [1.82, 2.24) is 9.38 Å². The highest BCUT2D eigenvalue weighted by atomic mass is 15.0. The molecule has 2 N–H and O–H groups in total. The van der Waals surface area contributed by atoms with E-state index in [0.717, 1.165) is 28.9 Å². The van der Waals surface area contributed by atoms with Crippen molar-refractivity contribution < 1.29 is 0 Å². The molecule has 0 unspecified atom stereocenters. The number of rotatable bonds is 3. The molecule has 0 aliphatic carbocycles. The average molecular weight is 201 g/mol. The number of aromatic nitrogens is 2. The second kappa shape index (κ2) is 3.87. The molecule has 0 bridgehead atoms. The zero-order chi connectivity index (χ0) is 10.8. The fourth-order valence-electron chi connectivity index (χ4n) is 1.54. The van der Waals surface area contributed by atoms with Crippen molar-refractivity contribution in [1.29, 1.82) is 0 Å². The summed E-state index contributed by atoms with van der Waals surface area (Å²) in [5, 5.41) is 0. The number of fused-ring (bicyclic) bond motifs is 1. The largest absolute Gasteiger partial charge is 0.326 e. The maximum absolute atomic E-state index is 5.56. The SMILES string of the molecule is C=C(CN)c1ccc2nc(CC)cn2c1. The molecular weight excluding hydrogens is 186 g/mol. The Morgan fingerprint density at radius 3 is 2.93 bits per heavy atom. The lowest BCUT2D eigenvalue weighted by Crippen LogP contribution is -2.01. The molecule has 0 aliphatic heterocycles. The molecule has 0 atom stereocenters. The van der Waals surface area contributed by atoms with Crippen LogP contribution in [0.15, 0.2) is 31.1 Å². The summed E-state index contributed by atoms with van der Waals surface area (Å²) in [7, 11) is 0. The smallest absolute Gasteiger partial charge is 0.137 e. The first-order valence-corrected chi connectivity index (χ1v) is 5.10. The Labute approximate surface area is 89.2 Å². The van der Waals surface area contributed by atoms with Gasteiger partial charge in [0.1, 0.15) is 5.65 Å². The van der Waals surface area contributed by atoms with Crippen LogP contribution < -0.4 is 5.73 Å². The van der Waals surface area contributed by atoms with E-state index in [-0.39, 0.29) is 0 Å². The molecule has 2 aromatic rings. The Morgan fingerprint density at radius 1 is 1.47 bits per heavy atom. The molecule has 2 heterocycles. The maximum Gasteiger partial charge on any atom is 0.137 e. The summed E-state index contributed by atoms with van der Waals surface area (Å²) in [5.74, 6) is 0. The third kappa shape index (κ3) is 1.78. The maximum atomic E-state index is 5.56. The van der Waals surface area contributed by atoms with Crippen LogP contribution >= 0.6 is 0 Å². The van der Waals surface area contributed by atoms with E-state index in [0.29, 0.717) is 6.54 Å². The highest BCUT2D eigenvalue weighted by molar-refractivity contribution is 5.65. The molecule has 0 saturated carbocycles. The Kier molecular flexibility index (Phi) is 2.56. The normalized spacial score (nSPS) is 10.8. The summed E-state index contributed by atoms with van der Waals surface area (Å²) >= 11 is 0. The molecule has 3 heteroatoms. The lowest BCUT2D eigenvalue weighted by atomic mass is 10.1. The Hall–Kier alpha value is -1.61. The second-order valence-corrected chi connectivity index (χ2v) is 3.58. The van der Waals surface area contributed by atoms with Crippen molar-refractivity contribution in [2.75, 3.05) is 6.54 Å². The number of hydrogen-bond acceptors (Lipinski definition) is 2. The van der Waals surface area contributed by atoms with E-state index in [9.17, 15) is 0 Å². The van der Waals surface area contributed by atoms with Gasteiger partial charge in [0.25, 0.3) is 0 Å². The molecule has 15 heavy (non-hydrogen) atoms. The lowest BCUT2D eigenvalue weighted by Gasteiger charge is -2.02. The Balaban J connectivity index is 2.50. The number of nitrogens with zero attached hydrogens (tertiary/aromatic N) is 2. The zero-order valence-corrected chi connectivity index (χ0v) is 8.90. The minimum atomic E-state index is 0.487. The van der Waals surface area contributed by atoms with Gasteiger partial charge in [-0.25, -0.2) is 4.98 Å². The predicted molar refractivity (Wildman–Crippen MR) is 62.7 cm³/mol. The van der Waals surface area contributed by atoms with Crippen molar-refractivity contribution in [3.05, 3.63) is 42.4 Å². The quantitative estimate of drug-likeness (QED) is 0.823. The van der Waals surface area contributed by atoms with Crippen LogP contribution in [0.1, 0.15) is 18.2 Å². The van der Waals surface area contributed by atoms with Crippen LogP contribution in [-0.4, -0.2) is 15.9 Å². The monoisotopic (exact) mass is 201 g/mol. The van der Waals surface area contributed by atoms with Crippen LogP contribution in [-0.2, 0) is 6.42 Å². The first kappa shape index (κ1) is 9.93. The predicted octanol–water partition coefficient (Wildman–Crippen LogP) is 1.87. The molecule has 2 rings (SSSR count). The molecule has 0 radical (unpaired) electrons. The highest BCUT2D eigenvalue weighted by Crippen LogP contribution is 2.13. The van der Waals surface area contributed by atoms with Crippen molar-refractivity contribution in [3.63, 3.8) is 0 Å². The molecule has 3 nitrogen and oxygen atoms in total. The molecule has 0 spiro atoms. The third-order valence-electron chi connectivity index (χ3n) is 2.52. The van der Waals surface area contributed by atoms with Gasteiger partial charge in [0.05, 0.1) is 5.69 Å². The first-order valence-electron chi connectivity index (χ1n) is 5.10. The van der Waals surface area contributed by atoms with Crippen molar-refractivity contribution >= 4 is 11.2 Å². The highest BCUT2D eigenvalue weighted by Gasteiger charge is 2.02. The minimum Gasteiger partial charge on any atom is -0.326 e. The molecule has 2 aromatic heterocycles. The minimum absolute atomic E-state index is 0.487. The Bertz CT molecular complexity index is 497. The second-order valence-electron chi connectivity index (χ2n) is 3.58. The summed E-state index contributed by atoms with van der Waals surface area (Å²) in [6.45, 7) is 6.50. The summed E-state index contributed by atoms with van der Waals surface area (Å²) in [5.41, 5.74) is 9.65. The number of hydrogen-bond donors (Lipinski definition) is 1. The van der Waals surface area contributed by atoms with Crippen LogP contribution in [0, 0.1) is 0 Å². The molecule has 78 valence electrons. The number of nitrogens with two attached hydrogens (primary N) is 1. The van der Waals surface area contributed by atoms with E-state index in [2.05, 4.69) is 18.5 Å². The van der Waals surface area contributed by atoms with Gasteiger partial charge in [0.2, 0.25) is 0 Å². The average Bonchev–Trinajstić information content (AvgIpc) is 2.69. The molecule has 0 fully saturated rings. The number of aryl methyl sites for hydroxylation is 1. The van der Waals surface area contributed by atoms with E-state index in [1.165, 1.54) is 0 Å². The van der Waals surface area contributed by atoms with E-state index < -0.39 is 0 Å². The number of imidazole rings is 1. The van der Waals surface area contributed by atoms with Crippen LogP contribution in [0.3, 0.4) is 0 Å². The fourth-order valence-corrected chi connectivity index (χ4v) is 1.54. The van der Waals surface area contributed by atoms with Gasteiger partial charge in [0.15, 0.2) is 0 Å². The standard InChI is InChI=1S/C12H15N3/c1-3-11-8-15-7-10(9(2)6-13)4-5-12(15)14-11/h4-5,7-8H,2-3,6,13H2,1H3. The summed E-state index contributed by atoms with van der Waals surface area (Å²) in [6, 6.07) is 4.01. The fraction of sp³-hybridized carbons (Fsp3) is 0.250. The lowest BCUT2D eigenvalue weighted by molar-refractivity contribution is 1.07. The number of pyridine rings is 1. The molecule has 0 aliphatic rings. The summed E-state index contributed by atoms with van der Waals surface area (Å²) in [6.07, 6.45) is 5.02. The topological polar surface area (TPSA) is 43.3 Å². The van der Waals surface area contributed by atoms with Gasteiger partial charge in [-0.05, 0) is 29.7 Å². The molecule has 0 saturated heterocycles. The van der Waals surface area contributed by atoms with Gasteiger partial charge in [-0.3, -0.25) is 0 Å². The van der Waals surface area contributed by atoms with E-state index in [4.69, 9.17) is 5.73 Å². The van der Waals surface area contributed by atoms with Crippen molar-refractivity contribution in [3.8, 4) is 0 Å². The molecule has 0 aromatic carbocycles. The molecule has 0 amide bonds. The van der Waals surface area contributed by atoms with E-state index in [1.54, 1.807) is 0 Å². The van der Waals surface area contributed by atoms with Crippen molar-refractivity contribution in [2.45, 2.75) is 13.3 Å². The van der Waals surface area contributed by atoms with Crippen LogP contribution in [0.4, 0.5) is 0 Å². The summed E-state index contributed by atoms with van der Waals surface area (Å²) in [4.78, 5) is 4.46. The summed E-state index contributed by atoms with van der Waals surface area (Å²) < 4.78 is 2.02. The van der Waals surface area contributed by atoms with Crippen LogP contribution in [0.2, 0.25) is 0 Å². The van der Waals surface area contributed by atoms with E-state index in [1.807, 2.05) is 28.9 Å². The van der Waals surface area contributed by atoms with Gasteiger partial charge >= 0.3 is 0 Å². The van der Waals surface area contributed by atoms with Gasteiger partial charge in [0, 0.05) is 18.9 Å². The van der Waals surface area contributed by atoms with Gasteiger partial charge in [-0.2, -0.15) is 0 Å². The van der Waals surface area contributed by atoms with Crippen LogP contribution in [0.5, 0.6) is 0 Å². The van der Waals surface area contributed by atoms with Crippen LogP contribution in [0.25, 0.3) is 11.2 Å².